The Balaban J connectivity index is 1.38. The molecule has 39 heavy (non-hydrogen) atoms. The number of aromatic nitrogens is 3. The molecule has 1 aliphatic rings. The Morgan fingerprint density at radius 2 is 1.69 bits per heavy atom. The van der Waals surface area contributed by atoms with Crippen molar-refractivity contribution in [3.8, 4) is 11.3 Å². The Kier molecular flexibility index (Phi) is 6.78. The number of aryl methyl sites for hydroxylation is 2. The molecule has 0 spiro atoms. The Hall–Kier alpha value is -3.82. The van der Waals surface area contributed by atoms with Crippen LogP contribution in [0.4, 0.5) is 5.82 Å². The molecule has 6 rings (SSSR count). The smallest absolute Gasteiger partial charge is 0.263 e. The van der Waals surface area contributed by atoms with E-state index in [-0.39, 0.29) is 0 Å². The molecule has 5 aromatic rings. The van der Waals surface area contributed by atoms with E-state index in [0.29, 0.717) is 54.7 Å². The van der Waals surface area contributed by atoms with E-state index in [0.717, 1.165) is 45.9 Å². The fourth-order valence-electron chi connectivity index (χ4n) is 5.18. The van der Waals surface area contributed by atoms with Gasteiger partial charge in [0.15, 0.2) is 0 Å². The summed E-state index contributed by atoms with van der Waals surface area (Å²) in [6.07, 6.45) is 2.30. The molecule has 1 fully saturated rings. The number of fused-ring (bicyclic) bond motifs is 2. The lowest BCUT2D eigenvalue weighted by atomic mass is 10.0. The number of rotatable bonds is 6. The molecule has 8 nitrogen and oxygen atoms in total. The van der Waals surface area contributed by atoms with Crippen LogP contribution in [0.15, 0.2) is 76.1 Å². The number of nitrogens with zero attached hydrogens (tertiary/aromatic N) is 5. The van der Waals surface area contributed by atoms with Gasteiger partial charge in [0.05, 0.1) is 4.90 Å². The molecule has 3 aromatic carbocycles. The predicted molar refractivity (Wildman–Crippen MR) is 153 cm³/mol. The van der Waals surface area contributed by atoms with Gasteiger partial charge in [-0.15, -0.1) is 0 Å². The second kappa shape index (κ2) is 10.4. The van der Waals surface area contributed by atoms with Gasteiger partial charge in [0.2, 0.25) is 10.0 Å². The number of sulfonamides is 1. The highest BCUT2D eigenvalue weighted by atomic mass is 32.2. The minimum atomic E-state index is -3.59. The summed E-state index contributed by atoms with van der Waals surface area (Å²) in [5, 5.41) is 7.47. The molecule has 1 aliphatic heterocycles. The molecular formula is C30H31N5O3S. The summed E-state index contributed by atoms with van der Waals surface area (Å²) in [6.45, 7) is 6.02. The molecule has 0 unspecified atom stereocenters. The molecule has 0 bridgehead atoms. The summed E-state index contributed by atoms with van der Waals surface area (Å²) >= 11 is 0. The van der Waals surface area contributed by atoms with Gasteiger partial charge in [0, 0.05) is 38.2 Å². The molecular weight excluding hydrogens is 510 g/mol. The third kappa shape index (κ3) is 4.88. The first kappa shape index (κ1) is 25.5. The van der Waals surface area contributed by atoms with Crippen molar-refractivity contribution in [1.82, 2.24) is 19.4 Å². The summed E-state index contributed by atoms with van der Waals surface area (Å²) in [6, 6.07) is 21.5. The monoisotopic (exact) mass is 541 g/mol. The Morgan fingerprint density at radius 1 is 0.897 bits per heavy atom. The Morgan fingerprint density at radius 3 is 2.49 bits per heavy atom. The van der Waals surface area contributed by atoms with Gasteiger partial charge >= 0.3 is 0 Å². The molecule has 0 N–H and O–H groups in total. The van der Waals surface area contributed by atoms with Crippen LogP contribution < -0.4 is 4.90 Å². The number of hydrogen-bond acceptors (Lipinski definition) is 7. The van der Waals surface area contributed by atoms with Crippen LogP contribution in [-0.4, -0.2) is 54.0 Å². The van der Waals surface area contributed by atoms with E-state index in [4.69, 9.17) is 9.51 Å². The highest BCUT2D eigenvalue weighted by molar-refractivity contribution is 7.89. The van der Waals surface area contributed by atoms with Crippen molar-refractivity contribution in [2.24, 2.45) is 0 Å². The first-order valence-electron chi connectivity index (χ1n) is 13.4. The van der Waals surface area contributed by atoms with Crippen LogP contribution in [0.25, 0.3) is 33.1 Å². The molecule has 1 saturated heterocycles. The maximum atomic E-state index is 13.4. The van der Waals surface area contributed by atoms with Crippen LogP contribution in [0.1, 0.15) is 31.2 Å². The summed E-state index contributed by atoms with van der Waals surface area (Å²) in [4.78, 5) is 12.1. The van der Waals surface area contributed by atoms with Crippen LogP contribution in [0, 0.1) is 6.92 Å². The number of anilines is 1. The standard InChI is InChI=1S/C30H31N5O3S/c1-3-7-26-31-29(34-16-6-17-35(19-18-34)39(36,37)25-14-10-21(2)11-15-25)27-28(33-38-30(27)32-26)24-13-12-22-8-4-5-9-23(22)20-24/h4-5,8-15,20H,3,6-7,16-19H2,1-2H3. The lowest BCUT2D eigenvalue weighted by Gasteiger charge is -2.23. The molecule has 0 amide bonds. The van der Waals surface area contributed by atoms with Crippen molar-refractivity contribution >= 4 is 37.7 Å². The van der Waals surface area contributed by atoms with E-state index in [1.165, 1.54) is 0 Å². The maximum absolute atomic E-state index is 13.4. The van der Waals surface area contributed by atoms with Gasteiger partial charge in [-0.1, -0.05) is 66.2 Å². The maximum Gasteiger partial charge on any atom is 0.263 e. The quantitative estimate of drug-likeness (QED) is 0.276. The van der Waals surface area contributed by atoms with Crippen molar-refractivity contribution in [3.05, 3.63) is 78.1 Å². The minimum Gasteiger partial charge on any atom is -0.354 e. The van der Waals surface area contributed by atoms with E-state index >= 15 is 0 Å². The second-order valence-corrected chi connectivity index (χ2v) is 12.0. The van der Waals surface area contributed by atoms with Gasteiger partial charge in [-0.2, -0.15) is 9.29 Å². The van der Waals surface area contributed by atoms with E-state index in [9.17, 15) is 8.42 Å². The third-order valence-corrected chi connectivity index (χ3v) is 9.19. The summed E-state index contributed by atoms with van der Waals surface area (Å²) < 4.78 is 34.2. The predicted octanol–water partition coefficient (Wildman–Crippen LogP) is 5.60. The van der Waals surface area contributed by atoms with E-state index in [1.807, 2.05) is 37.3 Å². The first-order valence-corrected chi connectivity index (χ1v) is 14.9. The molecule has 0 atom stereocenters. The zero-order chi connectivity index (χ0) is 27.0. The summed E-state index contributed by atoms with van der Waals surface area (Å²) in [7, 11) is -3.59. The zero-order valence-corrected chi connectivity index (χ0v) is 23.0. The first-order chi connectivity index (χ1) is 18.9. The number of benzene rings is 3. The third-order valence-electron chi connectivity index (χ3n) is 7.27. The highest BCUT2D eigenvalue weighted by Gasteiger charge is 2.29. The number of hydrogen-bond donors (Lipinski definition) is 0. The largest absolute Gasteiger partial charge is 0.354 e. The molecule has 0 aliphatic carbocycles. The van der Waals surface area contributed by atoms with Gasteiger partial charge < -0.3 is 9.42 Å². The van der Waals surface area contributed by atoms with Crippen molar-refractivity contribution in [3.63, 3.8) is 0 Å². The molecule has 9 heteroatoms. The normalized spacial score (nSPS) is 15.2. The fourth-order valence-corrected chi connectivity index (χ4v) is 6.65. The zero-order valence-electron chi connectivity index (χ0n) is 22.2. The topological polar surface area (TPSA) is 92.4 Å². The Labute approximate surface area is 228 Å². The molecule has 0 saturated carbocycles. The average Bonchev–Trinajstić information content (AvgIpc) is 3.20. The highest BCUT2D eigenvalue weighted by Crippen LogP contribution is 2.35. The summed E-state index contributed by atoms with van der Waals surface area (Å²) in [5.74, 6) is 1.46. The van der Waals surface area contributed by atoms with Gasteiger partial charge in [0.25, 0.3) is 5.71 Å². The molecule has 200 valence electrons. The summed E-state index contributed by atoms with van der Waals surface area (Å²) in [5.41, 5.74) is 3.11. The van der Waals surface area contributed by atoms with Crippen LogP contribution in [-0.2, 0) is 16.4 Å². The van der Waals surface area contributed by atoms with Crippen LogP contribution in [0.5, 0.6) is 0 Å². The van der Waals surface area contributed by atoms with E-state index in [1.54, 1.807) is 16.4 Å². The van der Waals surface area contributed by atoms with Crippen LogP contribution in [0.2, 0.25) is 0 Å². The molecule has 0 radical (unpaired) electrons. The SMILES string of the molecule is CCCc1nc(N2CCCN(S(=O)(=O)c3ccc(C)cc3)CC2)c2c(-c3ccc4ccccc4c3)noc2n1. The average molecular weight is 542 g/mol. The lowest BCUT2D eigenvalue weighted by Crippen LogP contribution is -2.35. The van der Waals surface area contributed by atoms with Crippen molar-refractivity contribution in [2.75, 3.05) is 31.1 Å². The minimum absolute atomic E-state index is 0.328. The van der Waals surface area contributed by atoms with Gasteiger partial charge in [-0.25, -0.2) is 13.4 Å². The van der Waals surface area contributed by atoms with Crippen molar-refractivity contribution in [2.45, 2.75) is 38.0 Å². The van der Waals surface area contributed by atoms with Crippen LogP contribution in [0.3, 0.4) is 0 Å². The van der Waals surface area contributed by atoms with Crippen LogP contribution >= 0.6 is 0 Å². The van der Waals surface area contributed by atoms with Crippen molar-refractivity contribution in [1.29, 1.82) is 0 Å². The van der Waals surface area contributed by atoms with E-state index in [2.05, 4.69) is 46.2 Å². The van der Waals surface area contributed by atoms with Gasteiger partial charge in [0.1, 0.15) is 22.7 Å². The van der Waals surface area contributed by atoms with Gasteiger partial charge in [-0.3, -0.25) is 0 Å². The molecule has 3 heterocycles. The lowest BCUT2D eigenvalue weighted by molar-refractivity contribution is 0.433. The molecule has 2 aromatic heterocycles. The Bertz CT molecular complexity index is 1750. The van der Waals surface area contributed by atoms with Crippen molar-refractivity contribution < 1.29 is 12.9 Å². The van der Waals surface area contributed by atoms with E-state index < -0.39 is 10.0 Å². The second-order valence-electron chi connectivity index (χ2n) is 10.0. The van der Waals surface area contributed by atoms with Gasteiger partial charge in [-0.05, 0) is 48.7 Å². The fraction of sp³-hybridized carbons (Fsp3) is 0.300.